The van der Waals surface area contributed by atoms with Gasteiger partial charge < -0.3 is 10.4 Å². The largest absolute Gasteiger partial charge is 0.507 e. The summed E-state index contributed by atoms with van der Waals surface area (Å²) in [6.07, 6.45) is 0. The highest BCUT2D eigenvalue weighted by atomic mass is 79.9. The minimum atomic E-state index is 0.312. The summed E-state index contributed by atoms with van der Waals surface area (Å²) in [7, 11) is 2.11. The van der Waals surface area contributed by atoms with E-state index >= 15 is 0 Å². The summed E-state index contributed by atoms with van der Waals surface area (Å²) >= 11 is 3.44. The van der Waals surface area contributed by atoms with Crippen molar-refractivity contribution in [1.82, 2.24) is 10.2 Å². The van der Waals surface area contributed by atoms with Crippen LogP contribution in [0.1, 0.15) is 11.6 Å². The molecular formula is C11H15BrN2O. The number of aromatic hydroxyl groups is 1. The van der Waals surface area contributed by atoms with Crippen molar-refractivity contribution in [2.75, 3.05) is 26.7 Å². The molecule has 0 aromatic heterocycles. The number of benzene rings is 1. The molecule has 4 heteroatoms. The van der Waals surface area contributed by atoms with Gasteiger partial charge in [0.1, 0.15) is 5.75 Å². The van der Waals surface area contributed by atoms with E-state index in [0.717, 1.165) is 29.7 Å². The fourth-order valence-corrected chi connectivity index (χ4v) is 2.48. The maximum atomic E-state index is 9.63. The Kier molecular flexibility index (Phi) is 3.29. The molecule has 1 atom stereocenters. The van der Waals surface area contributed by atoms with Crippen LogP contribution in [-0.4, -0.2) is 36.7 Å². The fraction of sp³-hybridized carbons (Fsp3) is 0.455. The number of halogens is 1. The fourth-order valence-electron chi connectivity index (χ4n) is 1.95. The second-order valence-electron chi connectivity index (χ2n) is 3.88. The minimum absolute atomic E-state index is 0.312. The van der Waals surface area contributed by atoms with Gasteiger partial charge in [0.2, 0.25) is 0 Å². The quantitative estimate of drug-likeness (QED) is 0.816. The van der Waals surface area contributed by atoms with Crippen molar-refractivity contribution in [1.29, 1.82) is 0 Å². The Hall–Kier alpha value is -0.580. The predicted octanol–water partition coefficient (Wildman–Crippen LogP) is 1.73. The topological polar surface area (TPSA) is 35.5 Å². The van der Waals surface area contributed by atoms with E-state index in [1.807, 2.05) is 6.07 Å². The number of hydrogen-bond donors (Lipinski definition) is 2. The molecule has 0 bridgehead atoms. The predicted molar refractivity (Wildman–Crippen MR) is 64.0 cm³/mol. The number of nitrogens with one attached hydrogen (secondary N) is 1. The van der Waals surface area contributed by atoms with Crippen LogP contribution in [0.2, 0.25) is 0 Å². The number of hydrogen-bond acceptors (Lipinski definition) is 3. The Morgan fingerprint density at radius 2 is 2.33 bits per heavy atom. The van der Waals surface area contributed by atoms with Gasteiger partial charge in [0, 0.05) is 25.7 Å². The molecule has 0 saturated carbocycles. The first kappa shape index (κ1) is 10.9. The molecule has 2 rings (SSSR count). The highest BCUT2D eigenvalue weighted by Crippen LogP contribution is 2.33. The van der Waals surface area contributed by atoms with Crippen LogP contribution in [-0.2, 0) is 0 Å². The lowest BCUT2D eigenvalue weighted by atomic mass is 10.0. The minimum Gasteiger partial charge on any atom is -0.507 e. The number of likely N-dealkylation sites (N-methyl/N-ethyl adjacent to an activating group) is 1. The molecule has 2 N–H and O–H groups in total. The molecule has 1 fully saturated rings. The average Bonchev–Trinajstić information content (AvgIpc) is 2.23. The maximum absolute atomic E-state index is 9.63. The van der Waals surface area contributed by atoms with Crippen molar-refractivity contribution in [3.8, 4) is 5.75 Å². The van der Waals surface area contributed by atoms with Crippen LogP contribution in [0.25, 0.3) is 0 Å². The molecule has 3 nitrogen and oxygen atoms in total. The molecule has 1 aliphatic rings. The molecule has 0 amide bonds. The average molecular weight is 271 g/mol. The Bertz CT molecular complexity index is 356. The second-order valence-corrected chi connectivity index (χ2v) is 4.67. The third-order valence-corrected chi connectivity index (χ3v) is 3.74. The summed E-state index contributed by atoms with van der Waals surface area (Å²) in [5.41, 5.74) is 1.14. The molecule has 1 saturated heterocycles. The SMILES string of the molecule is CN1CCNCC1c1cccc(O)c1Br. The van der Waals surface area contributed by atoms with Crippen LogP contribution < -0.4 is 5.32 Å². The van der Waals surface area contributed by atoms with Crippen LogP contribution >= 0.6 is 15.9 Å². The van der Waals surface area contributed by atoms with Gasteiger partial charge in [-0.25, -0.2) is 0 Å². The number of phenols is 1. The zero-order valence-corrected chi connectivity index (χ0v) is 10.3. The van der Waals surface area contributed by atoms with Gasteiger partial charge in [-0.3, -0.25) is 4.90 Å². The van der Waals surface area contributed by atoms with Crippen LogP contribution in [0, 0.1) is 0 Å². The summed E-state index contributed by atoms with van der Waals surface area (Å²) in [6, 6.07) is 5.97. The van der Waals surface area contributed by atoms with E-state index in [1.165, 1.54) is 0 Å². The second kappa shape index (κ2) is 4.51. The van der Waals surface area contributed by atoms with Crippen LogP contribution in [0.4, 0.5) is 0 Å². The Morgan fingerprint density at radius 1 is 1.53 bits per heavy atom. The third-order valence-electron chi connectivity index (χ3n) is 2.88. The van der Waals surface area contributed by atoms with Crippen LogP contribution in [0.5, 0.6) is 5.75 Å². The molecule has 1 aliphatic heterocycles. The molecule has 1 aromatic rings. The van der Waals surface area contributed by atoms with Crippen LogP contribution in [0.3, 0.4) is 0 Å². The van der Waals surface area contributed by atoms with Crippen molar-refractivity contribution in [3.63, 3.8) is 0 Å². The molecule has 15 heavy (non-hydrogen) atoms. The molecule has 0 aliphatic carbocycles. The Balaban J connectivity index is 2.31. The van der Waals surface area contributed by atoms with Gasteiger partial charge >= 0.3 is 0 Å². The molecule has 1 heterocycles. The smallest absolute Gasteiger partial charge is 0.130 e. The van der Waals surface area contributed by atoms with Crippen molar-refractivity contribution < 1.29 is 5.11 Å². The van der Waals surface area contributed by atoms with E-state index in [2.05, 4.69) is 39.3 Å². The first-order chi connectivity index (χ1) is 7.20. The van der Waals surface area contributed by atoms with Gasteiger partial charge in [-0.1, -0.05) is 12.1 Å². The lowest BCUT2D eigenvalue weighted by Crippen LogP contribution is -2.43. The molecule has 0 spiro atoms. The van der Waals surface area contributed by atoms with Gasteiger partial charge in [-0.05, 0) is 34.6 Å². The van der Waals surface area contributed by atoms with E-state index in [-0.39, 0.29) is 0 Å². The summed E-state index contributed by atoms with van der Waals surface area (Å²) in [4.78, 5) is 2.30. The van der Waals surface area contributed by atoms with Crippen molar-refractivity contribution in [3.05, 3.63) is 28.2 Å². The zero-order chi connectivity index (χ0) is 10.8. The van der Waals surface area contributed by atoms with Crippen molar-refractivity contribution in [2.45, 2.75) is 6.04 Å². The summed E-state index contributed by atoms with van der Waals surface area (Å²) in [5, 5.41) is 13.0. The molecule has 0 radical (unpaired) electrons. The molecule has 1 unspecified atom stereocenters. The number of nitrogens with zero attached hydrogens (tertiary/aromatic N) is 1. The van der Waals surface area contributed by atoms with E-state index in [0.29, 0.717) is 11.8 Å². The van der Waals surface area contributed by atoms with E-state index < -0.39 is 0 Å². The highest BCUT2D eigenvalue weighted by Gasteiger charge is 2.22. The molecule has 1 aromatic carbocycles. The highest BCUT2D eigenvalue weighted by molar-refractivity contribution is 9.10. The monoisotopic (exact) mass is 270 g/mol. The molecule has 82 valence electrons. The van der Waals surface area contributed by atoms with E-state index in [4.69, 9.17) is 0 Å². The lowest BCUT2D eigenvalue weighted by Gasteiger charge is -2.34. The van der Waals surface area contributed by atoms with Gasteiger partial charge in [0.05, 0.1) is 4.47 Å². The summed E-state index contributed by atoms with van der Waals surface area (Å²) in [5.74, 6) is 0.312. The van der Waals surface area contributed by atoms with Gasteiger partial charge in [-0.2, -0.15) is 0 Å². The van der Waals surface area contributed by atoms with Gasteiger partial charge in [0.15, 0.2) is 0 Å². The zero-order valence-electron chi connectivity index (χ0n) is 8.70. The van der Waals surface area contributed by atoms with E-state index in [1.54, 1.807) is 6.07 Å². The van der Waals surface area contributed by atoms with Crippen molar-refractivity contribution >= 4 is 15.9 Å². The van der Waals surface area contributed by atoms with Gasteiger partial charge in [-0.15, -0.1) is 0 Å². The number of piperazine rings is 1. The normalized spacial score (nSPS) is 22.9. The summed E-state index contributed by atoms with van der Waals surface area (Å²) in [6.45, 7) is 2.99. The van der Waals surface area contributed by atoms with E-state index in [9.17, 15) is 5.11 Å². The third kappa shape index (κ3) is 2.17. The lowest BCUT2D eigenvalue weighted by molar-refractivity contribution is 0.201. The Labute approximate surface area is 98.2 Å². The summed E-state index contributed by atoms with van der Waals surface area (Å²) < 4.78 is 0.811. The first-order valence-electron chi connectivity index (χ1n) is 5.08. The number of phenolic OH excluding ortho intramolecular Hbond substituents is 1. The maximum Gasteiger partial charge on any atom is 0.130 e. The Morgan fingerprint density at radius 3 is 3.07 bits per heavy atom. The molecular weight excluding hydrogens is 256 g/mol. The first-order valence-corrected chi connectivity index (χ1v) is 5.88. The van der Waals surface area contributed by atoms with Crippen molar-refractivity contribution in [2.24, 2.45) is 0 Å². The van der Waals surface area contributed by atoms with Gasteiger partial charge in [0.25, 0.3) is 0 Å². The standard InChI is InChI=1S/C11H15BrN2O/c1-14-6-5-13-7-9(14)8-3-2-4-10(15)11(8)12/h2-4,9,13,15H,5-7H2,1H3. The number of rotatable bonds is 1. The van der Waals surface area contributed by atoms with Crippen LogP contribution in [0.15, 0.2) is 22.7 Å².